The summed E-state index contributed by atoms with van der Waals surface area (Å²) in [6, 6.07) is 3.91. The molecule has 1 aromatic rings. The number of carbonyl (C=O) groups excluding carboxylic acids is 1. The minimum absolute atomic E-state index is 0.0602. The van der Waals surface area contributed by atoms with Gasteiger partial charge in [0.05, 0.1) is 17.0 Å². The van der Waals surface area contributed by atoms with Crippen molar-refractivity contribution in [2.24, 2.45) is 0 Å². The molecule has 1 atom stereocenters. The van der Waals surface area contributed by atoms with Gasteiger partial charge < -0.3 is 10.1 Å². The Kier molecular flexibility index (Phi) is 6.29. The molecule has 1 saturated heterocycles. The summed E-state index contributed by atoms with van der Waals surface area (Å²) in [5.41, 5.74) is 0. The van der Waals surface area contributed by atoms with Gasteiger partial charge in [0.1, 0.15) is 0 Å². The molecule has 0 radical (unpaired) electrons. The van der Waals surface area contributed by atoms with Crippen LogP contribution in [0.4, 0.5) is 0 Å². The number of halogens is 1. The molecule has 0 aliphatic carbocycles. The Balaban J connectivity index is 1.72. The summed E-state index contributed by atoms with van der Waals surface area (Å²) in [7, 11) is 0. The lowest BCUT2D eigenvalue weighted by Crippen LogP contribution is -2.39. The van der Waals surface area contributed by atoms with Gasteiger partial charge in [-0.2, -0.15) is 0 Å². The molecule has 2 rings (SSSR count). The molecule has 0 bridgehead atoms. The first kappa shape index (κ1) is 15.8. The second-order valence-corrected chi connectivity index (χ2v) is 6.75. The number of thiophene rings is 1. The highest BCUT2D eigenvalue weighted by Crippen LogP contribution is 2.22. The first-order valence-corrected chi connectivity index (χ1v) is 8.21. The Morgan fingerprint density at radius 1 is 1.60 bits per heavy atom. The van der Waals surface area contributed by atoms with E-state index in [2.05, 4.69) is 17.1 Å². The summed E-state index contributed by atoms with van der Waals surface area (Å²) in [5.74, 6) is 0.0602. The van der Waals surface area contributed by atoms with Gasteiger partial charge in [-0.1, -0.05) is 18.5 Å². The third-order valence-corrected chi connectivity index (χ3v) is 4.59. The van der Waals surface area contributed by atoms with Crippen LogP contribution in [-0.2, 0) is 16.1 Å². The van der Waals surface area contributed by atoms with Crippen LogP contribution in [0.15, 0.2) is 12.1 Å². The van der Waals surface area contributed by atoms with Crippen LogP contribution in [0.2, 0.25) is 4.34 Å². The maximum absolute atomic E-state index is 11.9. The molecule has 0 saturated carbocycles. The van der Waals surface area contributed by atoms with Crippen LogP contribution in [0.3, 0.4) is 0 Å². The summed E-state index contributed by atoms with van der Waals surface area (Å²) < 4.78 is 6.28. The number of amides is 1. The molecule has 20 heavy (non-hydrogen) atoms. The van der Waals surface area contributed by atoms with Crippen molar-refractivity contribution in [3.8, 4) is 0 Å². The third kappa shape index (κ3) is 5.05. The molecule has 0 aromatic carbocycles. The predicted molar refractivity (Wildman–Crippen MR) is 82.3 cm³/mol. The minimum Gasteiger partial charge on any atom is -0.376 e. The quantitative estimate of drug-likeness (QED) is 0.840. The Hall–Kier alpha value is -0.620. The number of hydrogen-bond donors (Lipinski definition) is 1. The summed E-state index contributed by atoms with van der Waals surface area (Å²) in [6.45, 7) is 5.52. The summed E-state index contributed by atoms with van der Waals surface area (Å²) in [5, 5.41) is 2.95. The largest absolute Gasteiger partial charge is 0.376 e. The first-order chi connectivity index (χ1) is 9.67. The maximum Gasteiger partial charge on any atom is 0.234 e. The van der Waals surface area contributed by atoms with E-state index in [9.17, 15) is 4.79 Å². The van der Waals surface area contributed by atoms with Crippen molar-refractivity contribution in [3.05, 3.63) is 21.3 Å². The number of hydrogen-bond acceptors (Lipinski definition) is 4. The van der Waals surface area contributed by atoms with Gasteiger partial charge in [0.25, 0.3) is 0 Å². The molecule has 1 aromatic heterocycles. The molecule has 112 valence electrons. The molecule has 1 aliphatic heterocycles. The van der Waals surface area contributed by atoms with E-state index in [-0.39, 0.29) is 12.0 Å². The van der Waals surface area contributed by atoms with Gasteiger partial charge >= 0.3 is 0 Å². The van der Waals surface area contributed by atoms with E-state index in [4.69, 9.17) is 16.3 Å². The number of rotatable bonds is 7. The molecule has 1 fully saturated rings. The van der Waals surface area contributed by atoms with Crippen LogP contribution in [0, 0.1) is 0 Å². The lowest BCUT2D eigenvalue weighted by atomic mass is 10.2. The monoisotopic (exact) mass is 316 g/mol. The number of nitrogens with one attached hydrogen (secondary N) is 1. The molecule has 2 heterocycles. The van der Waals surface area contributed by atoms with Gasteiger partial charge in [-0.3, -0.25) is 9.69 Å². The Morgan fingerprint density at radius 3 is 3.05 bits per heavy atom. The zero-order chi connectivity index (χ0) is 14.4. The molecule has 0 spiro atoms. The number of carbonyl (C=O) groups is 1. The van der Waals surface area contributed by atoms with Crippen molar-refractivity contribution in [2.45, 2.75) is 32.4 Å². The lowest BCUT2D eigenvalue weighted by Gasteiger charge is -2.19. The fourth-order valence-corrected chi connectivity index (χ4v) is 3.36. The standard InChI is InChI=1S/C14H21ClN2O2S/c1-2-17(9-12-5-6-13(15)20-12)10-14(18)16-8-11-4-3-7-19-11/h5-6,11H,2-4,7-10H2,1H3,(H,16,18)/t11-/m0/s1. The third-order valence-electron chi connectivity index (χ3n) is 3.37. The second-order valence-electron chi connectivity index (χ2n) is 4.95. The predicted octanol–water partition coefficient (Wildman–Crippen LogP) is 2.52. The topological polar surface area (TPSA) is 41.6 Å². The number of ether oxygens (including phenoxy) is 1. The summed E-state index contributed by atoms with van der Waals surface area (Å²) >= 11 is 7.49. The molecule has 0 unspecified atom stereocenters. The average Bonchev–Trinajstić information content (AvgIpc) is 3.07. The summed E-state index contributed by atoms with van der Waals surface area (Å²) in [4.78, 5) is 15.2. The Morgan fingerprint density at radius 2 is 2.45 bits per heavy atom. The van der Waals surface area contributed by atoms with Crippen LogP contribution in [0.1, 0.15) is 24.6 Å². The number of likely N-dealkylation sites (N-methyl/N-ethyl adjacent to an activating group) is 1. The maximum atomic E-state index is 11.9. The van der Waals surface area contributed by atoms with E-state index in [1.807, 2.05) is 12.1 Å². The van der Waals surface area contributed by atoms with Gasteiger partial charge in [0, 0.05) is 24.6 Å². The molecule has 1 N–H and O–H groups in total. The van der Waals surface area contributed by atoms with E-state index in [1.165, 1.54) is 4.88 Å². The highest BCUT2D eigenvalue weighted by molar-refractivity contribution is 7.16. The van der Waals surface area contributed by atoms with Gasteiger partial charge in [-0.05, 0) is 31.5 Å². The SMILES string of the molecule is CCN(CC(=O)NC[C@@H]1CCCO1)Cc1ccc(Cl)s1. The zero-order valence-corrected chi connectivity index (χ0v) is 13.3. The van der Waals surface area contributed by atoms with E-state index < -0.39 is 0 Å². The van der Waals surface area contributed by atoms with Crippen molar-refractivity contribution < 1.29 is 9.53 Å². The van der Waals surface area contributed by atoms with E-state index in [0.29, 0.717) is 13.1 Å². The van der Waals surface area contributed by atoms with Crippen molar-refractivity contribution in [1.29, 1.82) is 0 Å². The highest BCUT2D eigenvalue weighted by atomic mass is 35.5. The fourth-order valence-electron chi connectivity index (χ4n) is 2.23. The number of nitrogens with zero attached hydrogens (tertiary/aromatic N) is 1. The van der Waals surface area contributed by atoms with Crippen LogP contribution < -0.4 is 5.32 Å². The fraction of sp³-hybridized carbons (Fsp3) is 0.643. The normalized spacial score (nSPS) is 18.6. The van der Waals surface area contributed by atoms with Crippen molar-refractivity contribution >= 4 is 28.8 Å². The van der Waals surface area contributed by atoms with Crippen molar-refractivity contribution in [3.63, 3.8) is 0 Å². The van der Waals surface area contributed by atoms with E-state index in [0.717, 1.165) is 36.9 Å². The summed E-state index contributed by atoms with van der Waals surface area (Å²) in [6.07, 6.45) is 2.34. The Bertz CT molecular complexity index is 433. The lowest BCUT2D eigenvalue weighted by molar-refractivity contribution is -0.122. The van der Waals surface area contributed by atoms with E-state index >= 15 is 0 Å². The molecule has 1 aliphatic rings. The van der Waals surface area contributed by atoms with Crippen molar-refractivity contribution in [2.75, 3.05) is 26.2 Å². The molecule has 4 nitrogen and oxygen atoms in total. The molecule has 1 amide bonds. The van der Waals surface area contributed by atoms with Crippen LogP contribution in [0.25, 0.3) is 0 Å². The molecular formula is C14H21ClN2O2S. The average molecular weight is 317 g/mol. The van der Waals surface area contributed by atoms with Crippen LogP contribution in [-0.4, -0.2) is 43.2 Å². The zero-order valence-electron chi connectivity index (χ0n) is 11.7. The van der Waals surface area contributed by atoms with Crippen molar-refractivity contribution in [1.82, 2.24) is 10.2 Å². The highest BCUT2D eigenvalue weighted by Gasteiger charge is 2.17. The molecular weight excluding hydrogens is 296 g/mol. The van der Waals surface area contributed by atoms with Gasteiger partial charge in [0.15, 0.2) is 0 Å². The van der Waals surface area contributed by atoms with Crippen LogP contribution >= 0.6 is 22.9 Å². The van der Waals surface area contributed by atoms with Gasteiger partial charge in [-0.25, -0.2) is 0 Å². The van der Waals surface area contributed by atoms with E-state index in [1.54, 1.807) is 11.3 Å². The Labute approximate surface area is 129 Å². The second kappa shape index (κ2) is 7.98. The smallest absolute Gasteiger partial charge is 0.234 e. The van der Waals surface area contributed by atoms with Crippen LogP contribution in [0.5, 0.6) is 0 Å². The molecule has 6 heteroatoms. The first-order valence-electron chi connectivity index (χ1n) is 7.02. The van der Waals surface area contributed by atoms with Gasteiger partial charge in [-0.15, -0.1) is 11.3 Å². The minimum atomic E-state index is 0.0602. The van der Waals surface area contributed by atoms with Gasteiger partial charge in [0.2, 0.25) is 5.91 Å².